The van der Waals surface area contributed by atoms with Crippen LogP contribution in [-0.4, -0.2) is 49.2 Å². The first-order chi connectivity index (χ1) is 9.83. The molecule has 1 atom stereocenters. The number of nitrogens with zero attached hydrogens (tertiary/aromatic N) is 1. The van der Waals surface area contributed by atoms with Crippen molar-refractivity contribution in [3.63, 3.8) is 0 Å². The molecule has 1 aliphatic heterocycles. The molecule has 21 heavy (non-hydrogen) atoms. The molecule has 6 nitrogen and oxygen atoms in total. The third-order valence-corrected chi connectivity index (χ3v) is 5.48. The van der Waals surface area contributed by atoms with Gasteiger partial charge in [0.1, 0.15) is 12.4 Å². The Kier molecular flexibility index (Phi) is 4.53. The van der Waals surface area contributed by atoms with Crippen LogP contribution in [0, 0.1) is 5.41 Å². The molecule has 1 heterocycles. The van der Waals surface area contributed by atoms with Crippen molar-refractivity contribution in [3.8, 4) is 5.75 Å². The predicted octanol–water partition coefficient (Wildman–Crippen LogP) is 1.19. The third kappa shape index (κ3) is 3.74. The van der Waals surface area contributed by atoms with Gasteiger partial charge in [-0.05, 0) is 25.5 Å². The molecule has 0 aromatic heterocycles. The molecular formula is C14H19NO5S. The number of sulfonamides is 1. The summed E-state index contributed by atoms with van der Waals surface area (Å²) in [5.74, 6) is -0.498. The van der Waals surface area contributed by atoms with E-state index in [1.165, 1.54) is 4.31 Å². The predicted molar refractivity (Wildman–Crippen MR) is 77.7 cm³/mol. The van der Waals surface area contributed by atoms with Gasteiger partial charge in [-0.1, -0.05) is 18.2 Å². The fourth-order valence-corrected chi connectivity index (χ4v) is 3.64. The van der Waals surface area contributed by atoms with Crippen molar-refractivity contribution in [2.75, 3.05) is 25.4 Å². The molecule has 1 unspecified atom stereocenters. The van der Waals surface area contributed by atoms with E-state index < -0.39 is 21.4 Å². The first-order valence-electron chi connectivity index (χ1n) is 6.73. The number of benzene rings is 1. The summed E-state index contributed by atoms with van der Waals surface area (Å²) in [6.45, 7) is 1.89. The maximum absolute atomic E-state index is 12.2. The van der Waals surface area contributed by atoms with Gasteiger partial charge < -0.3 is 9.84 Å². The highest BCUT2D eigenvalue weighted by molar-refractivity contribution is 7.89. The summed E-state index contributed by atoms with van der Waals surface area (Å²) in [5, 5.41) is 9.13. The van der Waals surface area contributed by atoms with E-state index in [0.717, 1.165) is 0 Å². The summed E-state index contributed by atoms with van der Waals surface area (Å²) >= 11 is 0. The number of para-hydroxylation sites is 1. The van der Waals surface area contributed by atoms with Gasteiger partial charge >= 0.3 is 5.97 Å². The van der Waals surface area contributed by atoms with Gasteiger partial charge in [-0.3, -0.25) is 4.79 Å². The van der Waals surface area contributed by atoms with Crippen LogP contribution in [0.25, 0.3) is 0 Å². The number of carbonyl (C=O) groups is 1. The lowest BCUT2D eigenvalue weighted by Crippen LogP contribution is -2.37. The number of carboxylic acid groups (broad SMARTS) is 1. The molecule has 1 aromatic carbocycles. The zero-order valence-corrected chi connectivity index (χ0v) is 12.7. The highest BCUT2D eigenvalue weighted by Crippen LogP contribution is 2.31. The second-order valence-electron chi connectivity index (χ2n) is 5.43. The van der Waals surface area contributed by atoms with E-state index in [2.05, 4.69) is 0 Å². The number of rotatable bonds is 6. The van der Waals surface area contributed by atoms with Crippen LogP contribution in [-0.2, 0) is 14.8 Å². The summed E-state index contributed by atoms with van der Waals surface area (Å²) < 4.78 is 31.0. The van der Waals surface area contributed by atoms with Crippen LogP contribution in [0.1, 0.15) is 13.3 Å². The van der Waals surface area contributed by atoms with E-state index in [4.69, 9.17) is 9.84 Å². The monoisotopic (exact) mass is 313 g/mol. The molecule has 0 saturated carbocycles. The van der Waals surface area contributed by atoms with Crippen molar-refractivity contribution in [1.82, 2.24) is 4.31 Å². The van der Waals surface area contributed by atoms with E-state index in [0.29, 0.717) is 12.2 Å². The van der Waals surface area contributed by atoms with Crippen molar-refractivity contribution in [1.29, 1.82) is 0 Å². The van der Waals surface area contributed by atoms with Crippen LogP contribution in [0.2, 0.25) is 0 Å². The molecule has 0 radical (unpaired) electrons. The Hall–Kier alpha value is -1.60. The van der Waals surface area contributed by atoms with Crippen LogP contribution >= 0.6 is 0 Å². The molecule has 1 fully saturated rings. The average molecular weight is 313 g/mol. The maximum Gasteiger partial charge on any atom is 0.310 e. The fourth-order valence-electron chi connectivity index (χ4n) is 2.24. The molecule has 0 aliphatic carbocycles. The molecule has 116 valence electrons. The van der Waals surface area contributed by atoms with Gasteiger partial charge in [-0.2, -0.15) is 0 Å². The number of hydrogen-bond donors (Lipinski definition) is 1. The highest BCUT2D eigenvalue weighted by atomic mass is 32.2. The van der Waals surface area contributed by atoms with Gasteiger partial charge in [0.05, 0.1) is 11.2 Å². The zero-order chi connectivity index (χ0) is 15.5. The number of ether oxygens (including phenoxy) is 1. The molecule has 0 spiro atoms. The van der Waals surface area contributed by atoms with Gasteiger partial charge in [0.25, 0.3) is 0 Å². The molecule has 0 bridgehead atoms. The Bertz CT molecular complexity index is 601. The van der Waals surface area contributed by atoms with Gasteiger partial charge in [-0.15, -0.1) is 0 Å². The van der Waals surface area contributed by atoms with Gasteiger partial charge in [0.15, 0.2) is 0 Å². The Labute approximate surface area is 124 Å². The smallest absolute Gasteiger partial charge is 0.310 e. The van der Waals surface area contributed by atoms with Crippen molar-refractivity contribution >= 4 is 16.0 Å². The van der Waals surface area contributed by atoms with E-state index in [-0.39, 0.29) is 25.4 Å². The minimum Gasteiger partial charge on any atom is -0.492 e. The number of aliphatic carboxylic acids is 1. The van der Waals surface area contributed by atoms with Crippen molar-refractivity contribution in [2.45, 2.75) is 13.3 Å². The molecule has 2 rings (SSSR count). The molecule has 1 saturated heterocycles. The first kappa shape index (κ1) is 15.8. The van der Waals surface area contributed by atoms with Crippen molar-refractivity contribution < 1.29 is 23.1 Å². The first-order valence-corrected chi connectivity index (χ1v) is 8.33. The van der Waals surface area contributed by atoms with Gasteiger partial charge in [-0.25, -0.2) is 12.7 Å². The van der Waals surface area contributed by atoms with Gasteiger partial charge in [0.2, 0.25) is 10.0 Å². The molecule has 7 heteroatoms. The summed E-state index contributed by atoms with van der Waals surface area (Å²) in [4.78, 5) is 11.1. The molecule has 0 amide bonds. The fraction of sp³-hybridized carbons (Fsp3) is 0.500. The maximum atomic E-state index is 12.2. The molecule has 1 aliphatic rings. The topological polar surface area (TPSA) is 83.9 Å². The summed E-state index contributed by atoms with van der Waals surface area (Å²) in [7, 11) is -3.49. The second kappa shape index (κ2) is 6.03. The Morgan fingerprint density at radius 3 is 2.62 bits per heavy atom. The van der Waals surface area contributed by atoms with Gasteiger partial charge in [0, 0.05) is 13.1 Å². The molecule has 1 aromatic rings. The van der Waals surface area contributed by atoms with E-state index in [1.807, 2.05) is 18.2 Å². The quantitative estimate of drug-likeness (QED) is 0.853. The van der Waals surface area contributed by atoms with Crippen LogP contribution < -0.4 is 4.74 Å². The molecular weight excluding hydrogens is 294 g/mol. The summed E-state index contributed by atoms with van der Waals surface area (Å²) in [5.41, 5.74) is -0.993. The van der Waals surface area contributed by atoms with Crippen molar-refractivity contribution in [2.24, 2.45) is 5.41 Å². The van der Waals surface area contributed by atoms with Crippen molar-refractivity contribution in [3.05, 3.63) is 30.3 Å². The van der Waals surface area contributed by atoms with Crippen LogP contribution in [0.5, 0.6) is 5.75 Å². The minimum absolute atomic E-state index is 0.0238. The largest absolute Gasteiger partial charge is 0.492 e. The zero-order valence-electron chi connectivity index (χ0n) is 11.9. The normalized spacial score (nSPS) is 23.1. The van der Waals surface area contributed by atoms with Crippen LogP contribution in [0.3, 0.4) is 0 Å². The highest BCUT2D eigenvalue weighted by Gasteiger charge is 2.44. The molecule has 1 N–H and O–H groups in total. The average Bonchev–Trinajstić information content (AvgIpc) is 2.85. The minimum atomic E-state index is -3.49. The van der Waals surface area contributed by atoms with E-state index >= 15 is 0 Å². The van der Waals surface area contributed by atoms with E-state index in [9.17, 15) is 13.2 Å². The Balaban J connectivity index is 1.90. The van der Waals surface area contributed by atoms with Crippen LogP contribution in [0.4, 0.5) is 0 Å². The number of carboxylic acids is 1. The van der Waals surface area contributed by atoms with E-state index in [1.54, 1.807) is 19.1 Å². The Morgan fingerprint density at radius 2 is 2.05 bits per heavy atom. The SMILES string of the molecule is CC1(C(=O)O)CCN(S(=O)(=O)CCOc2ccccc2)C1. The lowest BCUT2D eigenvalue weighted by molar-refractivity contribution is -0.146. The third-order valence-electron chi connectivity index (χ3n) is 3.70. The summed E-state index contributed by atoms with van der Waals surface area (Å²) in [6.07, 6.45) is 0.334. The number of hydrogen-bond acceptors (Lipinski definition) is 4. The standard InChI is InChI=1S/C14H19NO5S/c1-14(13(16)17)7-8-15(11-14)21(18,19)10-9-20-12-5-3-2-4-6-12/h2-6H,7-11H2,1H3,(H,16,17). The Morgan fingerprint density at radius 1 is 1.38 bits per heavy atom. The lowest BCUT2D eigenvalue weighted by atomic mass is 9.90. The summed E-state index contributed by atoms with van der Waals surface area (Å²) in [6, 6.07) is 8.97. The second-order valence-corrected chi connectivity index (χ2v) is 7.52. The lowest BCUT2D eigenvalue weighted by Gasteiger charge is -2.20. The van der Waals surface area contributed by atoms with Crippen LogP contribution in [0.15, 0.2) is 30.3 Å².